The van der Waals surface area contributed by atoms with Crippen molar-refractivity contribution in [3.05, 3.63) is 34.9 Å². The first kappa shape index (κ1) is 10.9. The lowest BCUT2D eigenvalue weighted by Crippen LogP contribution is -2.33. The molecule has 0 saturated heterocycles. The van der Waals surface area contributed by atoms with Crippen LogP contribution in [-0.4, -0.2) is 25.0 Å². The van der Waals surface area contributed by atoms with Crippen LogP contribution in [0.2, 0.25) is 5.02 Å². The molecule has 0 spiro atoms. The lowest BCUT2D eigenvalue weighted by molar-refractivity contribution is 0.494. The van der Waals surface area contributed by atoms with Crippen molar-refractivity contribution in [2.45, 2.75) is 6.54 Å². The third-order valence-electron chi connectivity index (χ3n) is 1.95. The smallest absolute Gasteiger partial charge is 0.191 e. The number of guanidine groups is 1. The maximum absolute atomic E-state index is 5.78. The standard InChI is InChI=1S/C10H14ClN3/c1-13-10(12)14(2)7-8-3-5-9(11)6-4-8/h3-6H,7H2,1-2H3,(H2,12,13). The first-order valence-corrected chi connectivity index (χ1v) is 4.69. The van der Waals surface area contributed by atoms with Crippen molar-refractivity contribution in [1.82, 2.24) is 4.90 Å². The fourth-order valence-corrected chi connectivity index (χ4v) is 1.24. The molecule has 0 aliphatic heterocycles. The first-order valence-electron chi connectivity index (χ1n) is 4.31. The molecule has 3 nitrogen and oxygen atoms in total. The number of aliphatic imine (C=N–C) groups is 1. The molecule has 1 aromatic rings. The number of hydrogen-bond acceptors (Lipinski definition) is 1. The third-order valence-corrected chi connectivity index (χ3v) is 2.21. The minimum absolute atomic E-state index is 0.528. The molecule has 1 rings (SSSR count). The van der Waals surface area contributed by atoms with Gasteiger partial charge >= 0.3 is 0 Å². The van der Waals surface area contributed by atoms with Gasteiger partial charge in [0.25, 0.3) is 0 Å². The van der Waals surface area contributed by atoms with E-state index in [1.54, 1.807) is 7.05 Å². The molecule has 14 heavy (non-hydrogen) atoms. The summed E-state index contributed by atoms with van der Waals surface area (Å²) in [4.78, 5) is 5.77. The molecule has 0 heterocycles. The highest BCUT2D eigenvalue weighted by Crippen LogP contribution is 2.10. The number of rotatable bonds is 2. The van der Waals surface area contributed by atoms with Crippen LogP contribution >= 0.6 is 11.6 Å². The average Bonchev–Trinajstić information content (AvgIpc) is 2.20. The molecule has 0 bridgehead atoms. The van der Waals surface area contributed by atoms with Gasteiger partial charge in [0.2, 0.25) is 0 Å². The van der Waals surface area contributed by atoms with Gasteiger partial charge in [-0.1, -0.05) is 23.7 Å². The second kappa shape index (κ2) is 4.86. The van der Waals surface area contributed by atoms with Crippen molar-refractivity contribution < 1.29 is 0 Å². The van der Waals surface area contributed by atoms with Crippen LogP contribution in [0.4, 0.5) is 0 Å². The van der Waals surface area contributed by atoms with Crippen molar-refractivity contribution in [1.29, 1.82) is 0 Å². The largest absolute Gasteiger partial charge is 0.370 e. The van der Waals surface area contributed by atoms with Gasteiger partial charge in [-0.05, 0) is 17.7 Å². The second-order valence-corrected chi connectivity index (χ2v) is 3.50. The van der Waals surface area contributed by atoms with Gasteiger partial charge in [-0.15, -0.1) is 0 Å². The van der Waals surface area contributed by atoms with Crippen molar-refractivity contribution in [2.24, 2.45) is 10.7 Å². The van der Waals surface area contributed by atoms with Crippen LogP contribution in [-0.2, 0) is 6.54 Å². The fraction of sp³-hybridized carbons (Fsp3) is 0.300. The monoisotopic (exact) mass is 211 g/mol. The van der Waals surface area contributed by atoms with Crippen LogP contribution < -0.4 is 5.73 Å². The number of hydrogen-bond donors (Lipinski definition) is 1. The summed E-state index contributed by atoms with van der Waals surface area (Å²) in [5.74, 6) is 0.528. The van der Waals surface area contributed by atoms with E-state index in [1.165, 1.54) is 0 Å². The van der Waals surface area contributed by atoms with Crippen molar-refractivity contribution in [3.8, 4) is 0 Å². The Hall–Kier alpha value is -1.22. The van der Waals surface area contributed by atoms with Crippen LogP contribution in [0.5, 0.6) is 0 Å². The van der Waals surface area contributed by atoms with Gasteiger partial charge in [0.05, 0.1) is 0 Å². The molecule has 4 heteroatoms. The Kier molecular flexibility index (Phi) is 3.77. The van der Waals surface area contributed by atoms with Gasteiger partial charge in [0.1, 0.15) is 0 Å². The first-order chi connectivity index (χ1) is 6.63. The molecule has 0 aliphatic rings. The summed E-state index contributed by atoms with van der Waals surface area (Å²) in [5, 5.41) is 0.744. The van der Waals surface area contributed by atoms with Crippen LogP contribution in [0.25, 0.3) is 0 Å². The fourth-order valence-electron chi connectivity index (χ4n) is 1.12. The zero-order chi connectivity index (χ0) is 10.6. The zero-order valence-electron chi connectivity index (χ0n) is 8.37. The molecule has 0 atom stereocenters. The minimum atomic E-state index is 0.528. The number of halogens is 1. The van der Waals surface area contributed by atoms with E-state index in [0.717, 1.165) is 17.1 Å². The minimum Gasteiger partial charge on any atom is -0.370 e. The highest BCUT2D eigenvalue weighted by Gasteiger charge is 2.01. The van der Waals surface area contributed by atoms with Crippen molar-refractivity contribution in [2.75, 3.05) is 14.1 Å². The maximum Gasteiger partial charge on any atom is 0.191 e. The molecule has 0 unspecified atom stereocenters. The lowest BCUT2D eigenvalue weighted by atomic mass is 10.2. The van der Waals surface area contributed by atoms with Crippen LogP contribution in [0.1, 0.15) is 5.56 Å². The average molecular weight is 212 g/mol. The quantitative estimate of drug-likeness (QED) is 0.598. The number of nitrogens with two attached hydrogens (primary N) is 1. The summed E-state index contributed by atoms with van der Waals surface area (Å²) in [6, 6.07) is 7.68. The lowest BCUT2D eigenvalue weighted by Gasteiger charge is -2.17. The van der Waals surface area contributed by atoms with E-state index in [-0.39, 0.29) is 0 Å². The Morgan fingerprint density at radius 3 is 2.50 bits per heavy atom. The zero-order valence-corrected chi connectivity index (χ0v) is 9.12. The van der Waals surface area contributed by atoms with E-state index in [1.807, 2.05) is 36.2 Å². The predicted octanol–water partition coefficient (Wildman–Crippen LogP) is 1.72. The summed E-state index contributed by atoms with van der Waals surface area (Å²) in [6.45, 7) is 0.736. The SMILES string of the molecule is CN=C(N)N(C)Cc1ccc(Cl)cc1. The van der Waals surface area contributed by atoms with E-state index in [0.29, 0.717) is 5.96 Å². The Balaban J connectivity index is 2.65. The van der Waals surface area contributed by atoms with Gasteiger partial charge in [-0.3, -0.25) is 4.99 Å². The molecule has 0 aromatic heterocycles. The summed E-state index contributed by atoms with van der Waals surface area (Å²) in [5.41, 5.74) is 6.80. The molecule has 1 aromatic carbocycles. The molecule has 0 aliphatic carbocycles. The van der Waals surface area contributed by atoms with Crippen LogP contribution in [0.3, 0.4) is 0 Å². The normalized spacial score (nSPS) is 11.5. The van der Waals surface area contributed by atoms with E-state index >= 15 is 0 Å². The molecule has 0 amide bonds. The van der Waals surface area contributed by atoms with E-state index < -0.39 is 0 Å². The molecule has 76 valence electrons. The van der Waals surface area contributed by atoms with E-state index in [4.69, 9.17) is 17.3 Å². The molecule has 2 N–H and O–H groups in total. The van der Waals surface area contributed by atoms with Gasteiger partial charge in [-0.25, -0.2) is 0 Å². The second-order valence-electron chi connectivity index (χ2n) is 3.06. The molecular formula is C10H14ClN3. The third kappa shape index (κ3) is 2.92. The molecule has 0 fully saturated rings. The van der Waals surface area contributed by atoms with Gasteiger partial charge in [0.15, 0.2) is 5.96 Å². The molecule has 0 radical (unpaired) electrons. The highest BCUT2D eigenvalue weighted by molar-refractivity contribution is 6.30. The van der Waals surface area contributed by atoms with Crippen molar-refractivity contribution in [3.63, 3.8) is 0 Å². The van der Waals surface area contributed by atoms with Gasteiger partial charge in [0, 0.05) is 25.7 Å². The maximum atomic E-state index is 5.78. The highest BCUT2D eigenvalue weighted by atomic mass is 35.5. The summed E-state index contributed by atoms with van der Waals surface area (Å²) < 4.78 is 0. The van der Waals surface area contributed by atoms with Gasteiger partial charge < -0.3 is 10.6 Å². The Morgan fingerprint density at radius 1 is 1.43 bits per heavy atom. The number of nitrogens with zero attached hydrogens (tertiary/aromatic N) is 2. The van der Waals surface area contributed by atoms with Crippen LogP contribution in [0, 0.1) is 0 Å². The molecule has 0 saturated carbocycles. The summed E-state index contributed by atoms with van der Waals surface area (Å²) in [7, 11) is 3.57. The number of benzene rings is 1. The van der Waals surface area contributed by atoms with Crippen LogP contribution in [0.15, 0.2) is 29.3 Å². The van der Waals surface area contributed by atoms with Gasteiger partial charge in [-0.2, -0.15) is 0 Å². The Labute approximate surface area is 89.2 Å². The Bertz CT molecular complexity index is 319. The van der Waals surface area contributed by atoms with E-state index in [2.05, 4.69) is 4.99 Å². The van der Waals surface area contributed by atoms with Crippen molar-refractivity contribution >= 4 is 17.6 Å². The Morgan fingerprint density at radius 2 is 2.00 bits per heavy atom. The summed E-state index contributed by atoms with van der Waals surface area (Å²) in [6.07, 6.45) is 0. The topological polar surface area (TPSA) is 41.6 Å². The molecular weight excluding hydrogens is 198 g/mol. The van der Waals surface area contributed by atoms with E-state index in [9.17, 15) is 0 Å². The predicted molar refractivity (Wildman–Crippen MR) is 60.5 cm³/mol. The summed E-state index contributed by atoms with van der Waals surface area (Å²) >= 11 is 5.78.